The third-order valence-corrected chi connectivity index (χ3v) is 3.36. The van der Waals surface area contributed by atoms with E-state index in [-0.39, 0.29) is 0 Å². The van der Waals surface area contributed by atoms with Crippen LogP contribution in [-0.2, 0) is 0 Å². The van der Waals surface area contributed by atoms with Gasteiger partial charge in [0.2, 0.25) is 0 Å². The highest BCUT2D eigenvalue weighted by atomic mass is 16.3. The first kappa shape index (κ1) is 13.5. The van der Waals surface area contributed by atoms with E-state index in [0.717, 1.165) is 11.4 Å². The normalized spacial score (nSPS) is 12.5. The Labute approximate surface area is 122 Å². The number of anilines is 1. The van der Waals surface area contributed by atoms with Crippen molar-refractivity contribution < 1.29 is 5.11 Å². The maximum atomic E-state index is 10.2. The van der Waals surface area contributed by atoms with E-state index < -0.39 is 6.10 Å². The monoisotopic (exact) mass is 283 g/mol. The number of rotatable bonds is 4. The smallest absolute Gasteiger partial charge is 0.178 e. The van der Waals surface area contributed by atoms with Gasteiger partial charge in [0.15, 0.2) is 11.5 Å². The van der Waals surface area contributed by atoms with Gasteiger partial charge in [-0.05, 0) is 31.5 Å². The second kappa shape index (κ2) is 5.49. The molecule has 2 N–H and O–H groups in total. The van der Waals surface area contributed by atoms with Crippen molar-refractivity contribution in [3.8, 4) is 0 Å². The van der Waals surface area contributed by atoms with E-state index in [1.807, 2.05) is 50.2 Å². The second-order valence-corrected chi connectivity index (χ2v) is 5.04. The molecule has 0 amide bonds. The number of benzene rings is 1. The van der Waals surface area contributed by atoms with Crippen LogP contribution < -0.4 is 5.32 Å². The predicted octanol–water partition coefficient (Wildman–Crippen LogP) is 1.89. The summed E-state index contributed by atoms with van der Waals surface area (Å²) in [6.07, 6.45) is -0.579. The summed E-state index contributed by atoms with van der Waals surface area (Å²) in [5.74, 6) is 1.41. The summed E-state index contributed by atoms with van der Waals surface area (Å²) in [6, 6.07) is 11.5. The molecule has 0 fully saturated rings. The molecule has 3 rings (SSSR count). The molecule has 2 aromatic heterocycles. The van der Waals surface area contributed by atoms with Gasteiger partial charge in [0.05, 0.1) is 6.10 Å². The lowest BCUT2D eigenvalue weighted by molar-refractivity contribution is 0.191. The number of hydrogen-bond acceptors (Lipinski definition) is 5. The van der Waals surface area contributed by atoms with Gasteiger partial charge < -0.3 is 10.4 Å². The summed E-state index contributed by atoms with van der Waals surface area (Å²) < 4.78 is 1.67. The molecule has 0 radical (unpaired) electrons. The maximum absolute atomic E-state index is 10.2. The number of nitrogens with one attached hydrogen (secondary N) is 1. The average Bonchev–Trinajstić information content (AvgIpc) is 2.87. The molecule has 1 aromatic carbocycles. The number of aliphatic hydroxyl groups is 1. The number of aliphatic hydroxyl groups excluding tert-OH is 1. The van der Waals surface area contributed by atoms with Crippen LogP contribution in [0.3, 0.4) is 0 Å². The fraction of sp³-hybridized carbons (Fsp3) is 0.267. The molecular weight excluding hydrogens is 266 g/mol. The van der Waals surface area contributed by atoms with E-state index in [1.54, 1.807) is 4.52 Å². The number of fused-ring (bicyclic) bond motifs is 1. The zero-order chi connectivity index (χ0) is 14.8. The topological polar surface area (TPSA) is 75.3 Å². The third-order valence-electron chi connectivity index (χ3n) is 3.36. The lowest BCUT2D eigenvalue weighted by Crippen LogP contribution is -2.13. The summed E-state index contributed by atoms with van der Waals surface area (Å²) in [5.41, 5.74) is 2.76. The van der Waals surface area contributed by atoms with E-state index in [9.17, 15) is 5.11 Å². The summed E-state index contributed by atoms with van der Waals surface area (Å²) >= 11 is 0. The van der Waals surface area contributed by atoms with Crippen LogP contribution in [0.25, 0.3) is 5.65 Å². The van der Waals surface area contributed by atoms with Crippen LogP contribution >= 0.6 is 0 Å². The van der Waals surface area contributed by atoms with Crippen molar-refractivity contribution in [3.05, 3.63) is 53.3 Å². The lowest BCUT2D eigenvalue weighted by Gasteiger charge is -2.13. The van der Waals surface area contributed by atoms with Crippen molar-refractivity contribution >= 4 is 11.5 Å². The highest BCUT2D eigenvalue weighted by molar-refractivity contribution is 5.44. The molecule has 21 heavy (non-hydrogen) atoms. The molecule has 0 saturated heterocycles. The van der Waals surface area contributed by atoms with Crippen LogP contribution in [0.4, 0.5) is 5.82 Å². The second-order valence-electron chi connectivity index (χ2n) is 5.04. The van der Waals surface area contributed by atoms with E-state index in [2.05, 4.69) is 20.6 Å². The summed E-state index contributed by atoms with van der Waals surface area (Å²) in [6.45, 7) is 4.26. The first-order chi connectivity index (χ1) is 10.1. The maximum Gasteiger partial charge on any atom is 0.178 e. The van der Waals surface area contributed by atoms with E-state index in [4.69, 9.17) is 0 Å². The van der Waals surface area contributed by atoms with Gasteiger partial charge in [-0.2, -0.15) is 4.52 Å². The Balaban J connectivity index is 1.70. The van der Waals surface area contributed by atoms with Gasteiger partial charge in [0.1, 0.15) is 5.82 Å². The molecule has 108 valence electrons. The molecule has 0 spiro atoms. The molecule has 1 atom stereocenters. The van der Waals surface area contributed by atoms with Gasteiger partial charge in [-0.15, -0.1) is 15.3 Å². The van der Waals surface area contributed by atoms with Crippen LogP contribution in [-0.4, -0.2) is 31.5 Å². The lowest BCUT2D eigenvalue weighted by atomic mass is 10.1. The van der Waals surface area contributed by atoms with Gasteiger partial charge in [-0.1, -0.05) is 29.8 Å². The minimum atomic E-state index is -0.579. The molecule has 0 aliphatic heterocycles. The minimum absolute atomic E-state index is 0.392. The Bertz CT molecular complexity index is 750. The first-order valence-electron chi connectivity index (χ1n) is 6.81. The van der Waals surface area contributed by atoms with Crippen LogP contribution in [0.1, 0.15) is 23.1 Å². The van der Waals surface area contributed by atoms with Crippen LogP contribution in [0.2, 0.25) is 0 Å². The van der Waals surface area contributed by atoms with Crippen molar-refractivity contribution in [1.82, 2.24) is 19.8 Å². The molecule has 2 heterocycles. The number of nitrogens with zero attached hydrogens (tertiary/aromatic N) is 4. The Morgan fingerprint density at radius 3 is 2.62 bits per heavy atom. The molecule has 3 aromatic rings. The molecule has 0 unspecified atom stereocenters. The summed E-state index contributed by atoms with van der Waals surface area (Å²) in [7, 11) is 0. The Kier molecular flexibility index (Phi) is 3.53. The predicted molar refractivity (Wildman–Crippen MR) is 80.1 cm³/mol. The van der Waals surface area contributed by atoms with E-state index >= 15 is 0 Å². The number of hydrogen-bond donors (Lipinski definition) is 2. The Morgan fingerprint density at radius 2 is 1.86 bits per heavy atom. The average molecular weight is 283 g/mol. The first-order valence-corrected chi connectivity index (χ1v) is 6.81. The molecule has 6 heteroatoms. The van der Waals surface area contributed by atoms with Crippen molar-refractivity contribution in [2.45, 2.75) is 20.0 Å². The van der Waals surface area contributed by atoms with E-state index in [1.165, 1.54) is 5.56 Å². The number of aryl methyl sites for hydroxylation is 2. The standard InChI is InChI=1S/C15H17N5O/c1-10-3-5-12(6-4-10)13(21)9-16-14-7-8-15-18-17-11(2)20(15)19-14/h3-8,13,21H,9H2,1-2H3,(H,16,19)/t13-/m0/s1. The molecule has 0 saturated carbocycles. The fourth-order valence-electron chi connectivity index (χ4n) is 2.10. The van der Waals surface area contributed by atoms with Gasteiger partial charge in [-0.25, -0.2) is 0 Å². The zero-order valence-corrected chi connectivity index (χ0v) is 12.0. The molecular formula is C15H17N5O. The van der Waals surface area contributed by atoms with Crippen LogP contribution in [0.15, 0.2) is 36.4 Å². The van der Waals surface area contributed by atoms with Crippen molar-refractivity contribution in [1.29, 1.82) is 0 Å². The summed E-state index contributed by atoms with van der Waals surface area (Å²) in [5, 5.41) is 25.6. The van der Waals surface area contributed by atoms with Gasteiger partial charge >= 0.3 is 0 Å². The van der Waals surface area contributed by atoms with Crippen LogP contribution in [0, 0.1) is 13.8 Å². The van der Waals surface area contributed by atoms with Gasteiger partial charge in [0.25, 0.3) is 0 Å². The van der Waals surface area contributed by atoms with Crippen molar-refractivity contribution in [3.63, 3.8) is 0 Å². The minimum Gasteiger partial charge on any atom is -0.387 e. The molecule has 0 bridgehead atoms. The van der Waals surface area contributed by atoms with Crippen molar-refractivity contribution in [2.24, 2.45) is 0 Å². The molecule has 6 nitrogen and oxygen atoms in total. The van der Waals surface area contributed by atoms with Gasteiger partial charge in [-0.3, -0.25) is 0 Å². The van der Waals surface area contributed by atoms with Gasteiger partial charge in [0, 0.05) is 6.54 Å². The zero-order valence-electron chi connectivity index (χ0n) is 12.0. The highest BCUT2D eigenvalue weighted by Gasteiger charge is 2.08. The molecule has 0 aliphatic rings. The number of aromatic nitrogens is 4. The Hall–Kier alpha value is -2.47. The quantitative estimate of drug-likeness (QED) is 0.764. The van der Waals surface area contributed by atoms with E-state index in [0.29, 0.717) is 18.0 Å². The Morgan fingerprint density at radius 1 is 1.10 bits per heavy atom. The van der Waals surface area contributed by atoms with Crippen LogP contribution in [0.5, 0.6) is 0 Å². The fourth-order valence-corrected chi connectivity index (χ4v) is 2.10. The highest BCUT2D eigenvalue weighted by Crippen LogP contribution is 2.15. The molecule has 0 aliphatic carbocycles. The SMILES string of the molecule is Cc1ccc([C@@H](O)CNc2ccc3nnc(C)n3n2)cc1. The largest absolute Gasteiger partial charge is 0.387 e. The third kappa shape index (κ3) is 2.85. The summed E-state index contributed by atoms with van der Waals surface area (Å²) in [4.78, 5) is 0. The van der Waals surface area contributed by atoms with Crippen molar-refractivity contribution in [2.75, 3.05) is 11.9 Å².